The first kappa shape index (κ1) is 33.3. The van der Waals surface area contributed by atoms with E-state index >= 15 is 0 Å². The van der Waals surface area contributed by atoms with Crippen LogP contribution in [0.1, 0.15) is 88.5 Å². The molecule has 4 nitrogen and oxygen atoms in total. The summed E-state index contributed by atoms with van der Waals surface area (Å²) in [7, 11) is 0. The molecule has 2 saturated heterocycles. The Labute approximate surface area is 220 Å². The molecule has 7 heteroatoms. The molecule has 2 rings (SSSR count). The molecule has 0 amide bonds. The zero-order chi connectivity index (χ0) is 25.9. The van der Waals surface area contributed by atoms with E-state index < -0.39 is 0 Å². The summed E-state index contributed by atoms with van der Waals surface area (Å²) in [5.74, 6) is 2.76. The summed E-state index contributed by atoms with van der Waals surface area (Å²) in [6.45, 7) is 20.8. The third-order valence-corrected chi connectivity index (χ3v) is 12.6. The third-order valence-electron chi connectivity index (χ3n) is 7.43. The minimum atomic E-state index is -0.159. The van der Waals surface area contributed by atoms with Gasteiger partial charge in [-0.3, -0.25) is 4.79 Å². The molecule has 2 unspecified atom stereocenters. The molecule has 0 aromatic rings. The van der Waals surface area contributed by atoms with Gasteiger partial charge in [-0.25, -0.2) is 0 Å². The highest BCUT2D eigenvalue weighted by molar-refractivity contribution is 9.09. The van der Waals surface area contributed by atoms with Gasteiger partial charge in [0.2, 0.25) is 0 Å². The quantitative estimate of drug-likeness (QED) is 0.196. The van der Waals surface area contributed by atoms with Crippen molar-refractivity contribution in [2.45, 2.75) is 115 Å². The molecule has 0 aromatic heterocycles. The van der Waals surface area contributed by atoms with Crippen LogP contribution in [0.4, 0.5) is 0 Å². The normalized spacial score (nSPS) is 35.9. The number of esters is 1. The minimum absolute atomic E-state index is 0.0810. The summed E-state index contributed by atoms with van der Waals surface area (Å²) in [6.07, 6.45) is 4.45. The summed E-state index contributed by atoms with van der Waals surface area (Å²) in [5.41, 5.74) is -0.0302. The van der Waals surface area contributed by atoms with Gasteiger partial charge in [0.15, 0.2) is 5.44 Å². The average molecular weight is 570 g/mol. The highest BCUT2D eigenvalue weighted by atomic mass is 79.9. The van der Waals surface area contributed by atoms with Gasteiger partial charge in [-0.2, -0.15) is 0 Å². The number of hydrogen-bond acceptors (Lipinski definition) is 6. The number of rotatable bonds is 7. The number of aliphatic hydroxyl groups is 1. The van der Waals surface area contributed by atoms with Gasteiger partial charge in [-0.1, -0.05) is 78.2 Å². The van der Waals surface area contributed by atoms with Crippen molar-refractivity contribution >= 4 is 51.7 Å². The van der Waals surface area contributed by atoms with Crippen molar-refractivity contribution in [3.05, 3.63) is 0 Å². The molecule has 1 N–H and O–H groups in total. The van der Waals surface area contributed by atoms with Gasteiger partial charge in [0, 0.05) is 34.1 Å². The van der Waals surface area contributed by atoms with Crippen LogP contribution in [-0.2, 0) is 14.3 Å². The van der Waals surface area contributed by atoms with Crippen LogP contribution >= 0.6 is 39.5 Å². The van der Waals surface area contributed by atoms with E-state index in [4.69, 9.17) is 4.74 Å². The fraction of sp³-hybridized carbons (Fsp3) is 0.923. The SMILES string of the molecule is CC[C@H](Br)[C@@H](C)[C@H](C)C=O.CC[C@H]1SC(O)[C@@H](C)[C@@H]1C.CC[C@H]1SC(OC(C)=O)[C@@H](C)[C@@H]1C. The standard InChI is InChI=1S/C10H18O2S.C8H15BrO.C8H16OS/c1-5-9-6(2)7(3)10(13-9)12-8(4)11;1-4-8(9)7(3)6(2)5-10;1-4-7-5(2)6(3)8(9)10-7/h6-7,9-10H,5H2,1-4H3;5-8H,4H2,1-3H3;5-9H,4H2,1-3H3/t6-,7-,9+,10?;6-,7+,8+;5-,6-,7+,8?/m010/s1. The maximum absolute atomic E-state index is 10.8. The number of halogens is 1. The van der Waals surface area contributed by atoms with Gasteiger partial charge in [-0.15, -0.1) is 23.5 Å². The largest absolute Gasteiger partial charge is 0.451 e. The summed E-state index contributed by atoms with van der Waals surface area (Å²) < 4.78 is 5.25. The van der Waals surface area contributed by atoms with Crippen molar-refractivity contribution in [2.75, 3.05) is 0 Å². The number of hydrogen-bond donors (Lipinski definition) is 1. The first-order valence-corrected chi connectivity index (χ1v) is 15.4. The average Bonchev–Trinajstić information content (AvgIpc) is 3.21. The highest BCUT2D eigenvalue weighted by Crippen LogP contribution is 2.44. The van der Waals surface area contributed by atoms with Crippen LogP contribution in [-0.4, -0.2) is 43.6 Å². The maximum Gasteiger partial charge on any atom is 0.303 e. The fourth-order valence-electron chi connectivity index (χ4n) is 4.09. The second kappa shape index (κ2) is 16.9. The van der Waals surface area contributed by atoms with Crippen LogP contribution in [0.2, 0.25) is 0 Å². The molecule has 0 radical (unpaired) electrons. The highest BCUT2D eigenvalue weighted by Gasteiger charge is 2.39. The van der Waals surface area contributed by atoms with Crippen molar-refractivity contribution in [1.29, 1.82) is 0 Å². The summed E-state index contributed by atoms with van der Waals surface area (Å²) in [5, 5.41) is 10.8. The molecular weight excluding hydrogens is 520 g/mol. The van der Waals surface area contributed by atoms with Crippen LogP contribution in [0, 0.1) is 35.5 Å². The third kappa shape index (κ3) is 10.8. The zero-order valence-corrected chi connectivity index (χ0v) is 25.6. The molecule has 0 bridgehead atoms. The van der Waals surface area contributed by atoms with E-state index in [1.165, 1.54) is 13.3 Å². The van der Waals surface area contributed by atoms with E-state index in [9.17, 15) is 14.7 Å². The summed E-state index contributed by atoms with van der Waals surface area (Å²) in [4.78, 5) is 21.6. The van der Waals surface area contributed by atoms with Gasteiger partial charge in [0.25, 0.3) is 0 Å². The summed E-state index contributed by atoms with van der Waals surface area (Å²) >= 11 is 7.07. The molecular formula is C26H49BrO4S2. The van der Waals surface area contributed by atoms with E-state index in [-0.39, 0.29) is 22.8 Å². The van der Waals surface area contributed by atoms with E-state index in [0.29, 0.717) is 44.9 Å². The lowest BCUT2D eigenvalue weighted by molar-refractivity contribution is -0.144. The second-order valence-electron chi connectivity index (χ2n) is 9.75. The van der Waals surface area contributed by atoms with Crippen molar-refractivity contribution < 1.29 is 19.4 Å². The van der Waals surface area contributed by atoms with Crippen LogP contribution in [0.5, 0.6) is 0 Å². The lowest BCUT2D eigenvalue weighted by Gasteiger charge is -2.18. The molecule has 2 heterocycles. The zero-order valence-electron chi connectivity index (χ0n) is 22.4. The van der Waals surface area contributed by atoms with Gasteiger partial charge in [0.1, 0.15) is 11.7 Å². The number of aliphatic hydroxyl groups excluding tert-OH is 1. The van der Waals surface area contributed by atoms with Crippen LogP contribution in [0.3, 0.4) is 0 Å². The van der Waals surface area contributed by atoms with Crippen LogP contribution < -0.4 is 0 Å². The fourth-order valence-corrected chi connectivity index (χ4v) is 7.83. The van der Waals surface area contributed by atoms with Gasteiger partial charge in [0.05, 0.1) is 0 Å². The van der Waals surface area contributed by atoms with Crippen molar-refractivity contribution in [1.82, 2.24) is 0 Å². The van der Waals surface area contributed by atoms with Crippen molar-refractivity contribution in [3.8, 4) is 0 Å². The Morgan fingerprint density at radius 2 is 1.45 bits per heavy atom. The Morgan fingerprint density at radius 1 is 0.970 bits per heavy atom. The topological polar surface area (TPSA) is 63.6 Å². The lowest BCUT2D eigenvalue weighted by Crippen LogP contribution is -2.19. The van der Waals surface area contributed by atoms with Gasteiger partial charge < -0.3 is 14.6 Å². The predicted molar refractivity (Wildman–Crippen MR) is 149 cm³/mol. The smallest absolute Gasteiger partial charge is 0.303 e. The van der Waals surface area contributed by atoms with Gasteiger partial charge in [-0.05, 0) is 42.9 Å². The number of aldehydes is 1. The Kier molecular flexibility index (Phi) is 17.0. The number of carbonyl (C=O) groups is 2. The van der Waals surface area contributed by atoms with Crippen LogP contribution in [0.25, 0.3) is 0 Å². The molecule has 11 atom stereocenters. The molecule has 33 heavy (non-hydrogen) atoms. The Morgan fingerprint density at radius 3 is 1.76 bits per heavy atom. The molecule has 0 aliphatic carbocycles. The molecule has 196 valence electrons. The Hall–Kier alpha value is 0.280. The Balaban J connectivity index is 0.000000472. The monoisotopic (exact) mass is 568 g/mol. The Bertz CT molecular complexity index is 564. The van der Waals surface area contributed by atoms with E-state index in [0.717, 1.165) is 19.1 Å². The first-order chi connectivity index (χ1) is 15.4. The van der Waals surface area contributed by atoms with Crippen molar-refractivity contribution in [3.63, 3.8) is 0 Å². The molecule has 0 spiro atoms. The minimum Gasteiger partial charge on any atom is -0.451 e. The maximum atomic E-state index is 10.8. The predicted octanol–water partition coefficient (Wildman–Crippen LogP) is 7.41. The number of ether oxygens (including phenoxy) is 1. The molecule has 2 fully saturated rings. The number of alkyl halides is 1. The first-order valence-electron chi connectivity index (χ1n) is 12.6. The second-order valence-corrected chi connectivity index (χ2v) is 13.6. The molecule has 0 saturated carbocycles. The molecule has 2 aliphatic heterocycles. The van der Waals surface area contributed by atoms with E-state index in [2.05, 4.69) is 71.3 Å². The van der Waals surface area contributed by atoms with E-state index in [1.807, 2.05) is 18.7 Å². The van der Waals surface area contributed by atoms with E-state index in [1.54, 1.807) is 11.8 Å². The number of thioether (sulfide) groups is 2. The number of carbonyl (C=O) groups excluding carboxylic acids is 2. The lowest BCUT2D eigenvalue weighted by atomic mass is 9.92. The van der Waals surface area contributed by atoms with Crippen LogP contribution in [0.15, 0.2) is 0 Å². The van der Waals surface area contributed by atoms with Crippen molar-refractivity contribution in [2.24, 2.45) is 35.5 Å². The molecule has 2 aliphatic rings. The van der Waals surface area contributed by atoms with Gasteiger partial charge >= 0.3 is 5.97 Å². The summed E-state index contributed by atoms with van der Waals surface area (Å²) in [6, 6.07) is 0. The molecule has 0 aromatic carbocycles.